The number of rotatable bonds is 8. The summed E-state index contributed by atoms with van der Waals surface area (Å²) >= 11 is 0. The first-order valence-corrected chi connectivity index (χ1v) is 8.58. The second-order valence-electron chi connectivity index (χ2n) is 6.53. The molecule has 2 fully saturated rings. The first-order valence-electron chi connectivity index (χ1n) is 8.58. The summed E-state index contributed by atoms with van der Waals surface area (Å²) in [6, 6.07) is 10.1. The average Bonchev–Trinajstić information content (AvgIpc) is 3.29. The lowest BCUT2D eigenvalue weighted by molar-refractivity contribution is -0.123. The minimum atomic E-state index is -0.553. The number of aliphatic hydroxyl groups excluding tert-OH is 1. The van der Waals surface area contributed by atoms with E-state index in [1.807, 2.05) is 30.3 Å². The molecule has 2 aliphatic rings. The zero-order chi connectivity index (χ0) is 16.1. The summed E-state index contributed by atoms with van der Waals surface area (Å²) in [5.41, 5.74) is 0.901. The molecule has 1 saturated carbocycles. The number of ether oxygens (including phenoxy) is 1. The minimum Gasteiger partial charge on any atom is -0.387 e. The highest BCUT2D eigenvalue weighted by Crippen LogP contribution is 2.28. The number of carbonyl (C=O) groups is 1. The van der Waals surface area contributed by atoms with Gasteiger partial charge in [-0.15, -0.1) is 0 Å². The van der Waals surface area contributed by atoms with Gasteiger partial charge in [-0.2, -0.15) is 0 Å². The lowest BCUT2D eigenvalue weighted by atomic mass is 10.1. The second kappa shape index (κ2) is 7.90. The molecular weight excluding hydrogens is 292 g/mol. The largest absolute Gasteiger partial charge is 0.387 e. The van der Waals surface area contributed by atoms with Gasteiger partial charge in [0.15, 0.2) is 0 Å². The summed E-state index contributed by atoms with van der Waals surface area (Å²) in [4.78, 5) is 14.3. The van der Waals surface area contributed by atoms with Crippen LogP contribution in [0.15, 0.2) is 30.3 Å². The summed E-state index contributed by atoms with van der Waals surface area (Å²) in [7, 11) is 0. The van der Waals surface area contributed by atoms with Crippen LogP contribution in [0.1, 0.15) is 37.4 Å². The maximum Gasteiger partial charge on any atom is 0.234 e. The van der Waals surface area contributed by atoms with Crippen molar-refractivity contribution in [3.8, 4) is 0 Å². The zero-order valence-corrected chi connectivity index (χ0v) is 13.5. The Labute approximate surface area is 137 Å². The number of benzene rings is 1. The van der Waals surface area contributed by atoms with Gasteiger partial charge in [-0.25, -0.2) is 0 Å². The van der Waals surface area contributed by atoms with Crippen LogP contribution < -0.4 is 5.32 Å². The molecule has 0 spiro atoms. The van der Waals surface area contributed by atoms with Crippen molar-refractivity contribution in [2.45, 2.75) is 43.9 Å². The van der Waals surface area contributed by atoms with Gasteiger partial charge in [-0.1, -0.05) is 30.3 Å². The monoisotopic (exact) mass is 318 g/mol. The van der Waals surface area contributed by atoms with Crippen LogP contribution in [0.25, 0.3) is 0 Å². The number of hydrogen-bond acceptors (Lipinski definition) is 4. The van der Waals surface area contributed by atoms with E-state index in [4.69, 9.17) is 4.74 Å². The van der Waals surface area contributed by atoms with Gasteiger partial charge in [0, 0.05) is 25.7 Å². The lowest BCUT2D eigenvalue weighted by Crippen LogP contribution is -2.42. The number of carbonyl (C=O) groups excluding carboxylic acids is 1. The van der Waals surface area contributed by atoms with Gasteiger partial charge in [0.25, 0.3) is 0 Å². The molecule has 1 amide bonds. The van der Waals surface area contributed by atoms with Crippen molar-refractivity contribution >= 4 is 5.91 Å². The molecule has 1 saturated heterocycles. The van der Waals surface area contributed by atoms with Gasteiger partial charge in [0.1, 0.15) is 0 Å². The topological polar surface area (TPSA) is 61.8 Å². The number of hydrogen-bond donors (Lipinski definition) is 2. The Kier molecular flexibility index (Phi) is 5.65. The first kappa shape index (κ1) is 16.4. The van der Waals surface area contributed by atoms with Crippen molar-refractivity contribution in [2.24, 2.45) is 0 Å². The van der Waals surface area contributed by atoms with Gasteiger partial charge in [0.2, 0.25) is 5.91 Å². The van der Waals surface area contributed by atoms with Crippen LogP contribution in [0, 0.1) is 0 Å². The van der Waals surface area contributed by atoms with E-state index in [0.717, 1.165) is 37.9 Å². The first-order chi connectivity index (χ1) is 11.2. The van der Waals surface area contributed by atoms with Crippen LogP contribution in [-0.4, -0.2) is 54.3 Å². The predicted octanol–water partition coefficient (Wildman–Crippen LogP) is 1.48. The molecule has 5 heteroatoms. The molecule has 1 aliphatic carbocycles. The summed E-state index contributed by atoms with van der Waals surface area (Å²) in [5.74, 6) is 0.0210. The maximum atomic E-state index is 12.2. The number of nitrogens with zero attached hydrogens (tertiary/aromatic N) is 1. The molecule has 1 aromatic rings. The van der Waals surface area contributed by atoms with Crippen molar-refractivity contribution in [3.05, 3.63) is 35.9 Å². The molecule has 0 bridgehead atoms. The van der Waals surface area contributed by atoms with Gasteiger partial charge in [-0.3, -0.25) is 9.69 Å². The fraction of sp³-hybridized carbons (Fsp3) is 0.611. The van der Waals surface area contributed by atoms with Gasteiger partial charge in [0.05, 0.1) is 18.8 Å². The normalized spacial score (nSPS) is 22.3. The molecule has 0 aromatic heterocycles. The Morgan fingerprint density at radius 2 is 2.09 bits per heavy atom. The molecule has 0 radical (unpaired) electrons. The fourth-order valence-electron chi connectivity index (χ4n) is 3.06. The molecule has 1 aliphatic heterocycles. The minimum absolute atomic E-state index is 0.0210. The quantitative estimate of drug-likeness (QED) is 0.762. The van der Waals surface area contributed by atoms with Crippen molar-refractivity contribution in [2.75, 3.05) is 26.2 Å². The Bertz CT molecular complexity index is 498. The highest BCUT2D eigenvalue weighted by Gasteiger charge is 2.32. The molecule has 2 atom stereocenters. The van der Waals surface area contributed by atoms with Gasteiger partial charge in [-0.05, 0) is 31.2 Å². The van der Waals surface area contributed by atoms with Gasteiger partial charge >= 0.3 is 0 Å². The van der Waals surface area contributed by atoms with E-state index in [2.05, 4.69) is 10.2 Å². The van der Waals surface area contributed by atoms with Crippen molar-refractivity contribution in [3.63, 3.8) is 0 Å². The average molecular weight is 318 g/mol. The lowest BCUT2D eigenvalue weighted by Gasteiger charge is -2.25. The smallest absolute Gasteiger partial charge is 0.234 e. The zero-order valence-electron chi connectivity index (χ0n) is 13.5. The van der Waals surface area contributed by atoms with Crippen molar-refractivity contribution < 1.29 is 14.6 Å². The van der Waals surface area contributed by atoms with E-state index in [1.165, 1.54) is 0 Å². The molecule has 2 unspecified atom stereocenters. The molecule has 1 aromatic carbocycles. The van der Waals surface area contributed by atoms with Gasteiger partial charge < -0.3 is 15.2 Å². The molecule has 126 valence electrons. The fourth-order valence-corrected chi connectivity index (χ4v) is 3.06. The SMILES string of the molecule is O=C(CN(CC(O)c1ccccc1)C1CC1)NCC1CCCO1. The Morgan fingerprint density at radius 1 is 1.30 bits per heavy atom. The number of aliphatic hydroxyl groups is 1. The van der Waals surface area contributed by atoms with Crippen LogP contribution >= 0.6 is 0 Å². The van der Waals surface area contributed by atoms with E-state index < -0.39 is 6.10 Å². The Morgan fingerprint density at radius 3 is 2.74 bits per heavy atom. The highest BCUT2D eigenvalue weighted by molar-refractivity contribution is 5.78. The van der Waals surface area contributed by atoms with E-state index >= 15 is 0 Å². The van der Waals surface area contributed by atoms with Crippen LogP contribution in [-0.2, 0) is 9.53 Å². The van der Waals surface area contributed by atoms with E-state index in [1.54, 1.807) is 0 Å². The maximum absolute atomic E-state index is 12.2. The molecular formula is C18H26N2O3. The molecule has 3 rings (SSSR count). The summed E-state index contributed by atoms with van der Waals surface area (Å²) < 4.78 is 5.52. The third-order valence-corrected chi connectivity index (χ3v) is 4.55. The Balaban J connectivity index is 1.47. The molecule has 2 N–H and O–H groups in total. The van der Waals surface area contributed by atoms with Crippen molar-refractivity contribution in [1.82, 2.24) is 10.2 Å². The van der Waals surface area contributed by atoms with Crippen LogP contribution in [0.2, 0.25) is 0 Å². The molecule has 1 heterocycles. The predicted molar refractivity (Wildman–Crippen MR) is 88.0 cm³/mol. The van der Waals surface area contributed by atoms with E-state index in [-0.39, 0.29) is 12.0 Å². The molecule has 5 nitrogen and oxygen atoms in total. The van der Waals surface area contributed by atoms with Crippen LogP contribution in [0.3, 0.4) is 0 Å². The Hall–Kier alpha value is -1.43. The third kappa shape index (κ3) is 5.03. The van der Waals surface area contributed by atoms with Crippen molar-refractivity contribution in [1.29, 1.82) is 0 Å². The summed E-state index contributed by atoms with van der Waals surface area (Å²) in [6.07, 6.45) is 3.95. The summed E-state index contributed by atoms with van der Waals surface area (Å²) in [5, 5.41) is 13.4. The summed E-state index contributed by atoms with van der Waals surface area (Å²) in [6.45, 7) is 2.25. The second-order valence-corrected chi connectivity index (χ2v) is 6.53. The third-order valence-electron chi connectivity index (χ3n) is 4.55. The molecule has 23 heavy (non-hydrogen) atoms. The standard InChI is InChI=1S/C18H26N2O3/c21-17(14-5-2-1-3-6-14)12-20(15-8-9-15)13-18(22)19-11-16-7-4-10-23-16/h1-3,5-6,15-17,21H,4,7-13H2,(H,19,22). The van der Waals surface area contributed by atoms with Crippen LogP contribution in [0.4, 0.5) is 0 Å². The van der Waals surface area contributed by atoms with Crippen LogP contribution in [0.5, 0.6) is 0 Å². The van der Waals surface area contributed by atoms with E-state index in [9.17, 15) is 9.90 Å². The highest BCUT2D eigenvalue weighted by atomic mass is 16.5. The number of amides is 1. The number of nitrogens with one attached hydrogen (secondary N) is 1. The van der Waals surface area contributed by atoms with E-state index in [0.29, 0.717) is 25.7 Å².